The van der Waals surface area contributed by atoms with Gasteiger partial charge in [-0.3, -0.25) is 4.98 Å². The van der Waals surface area contributed by atoms with Crippen LogP contribution in [0.5, 0.6) is 5.75 Å². The number of aromatic hydroxyl groups is 1. The molecule has 0 radical (unpaired) electrons. The fourth-order valence-corrected chi connectivity index (χ4v) is 7.33. The summed E-state index contributed by atoms with van der Waals surface area (Å²) in [5, 5.41) is 15.9. The van der Waals surface area contributed by atoms with Crippen LogP contribution in [0.3, 0.4) is 0 Å². The van der Waals surface area contributed by atoms with E-state index in [4.69, 9.17) is 18.8 Å². The number of nitrogens with zero attached hydrogens (tertiary/aromatic N) is 2. The number of hydrogen-bond donors (Lipinski definition) is 1. The fourth-order valence-electron chi connectivity index (χ4n) is 7.33. The van der Waals surface area contributed by atoms with Crippen molar-refractivity contribution in [2.75, 3.05) is 0 Å². The number of benzene rings is 6. The van der Waals surface area contributed by atoms with E-state index in [1.807, 2.05) is 66.9 Å². The van der Waals surface area contributed by atoms with Gasteiger partial charge < -0.3 is 13.9 Å². The maximum Gasteiger partial charge on any atom is 0.230 e. The molecule has 9 rings (SSSR count). The molecule has 270 valence electrons. The molecule has 1 N–H and O–H groups in total. The van der Waals surface area contributed by atoms with Gasteiger partial charge in [0, 0.05) is 49.3 Å². The van der Waals surface area contributed by atoms with Gasteiger partial charge >= 0.3 is 0 Å². The minimum absolute atomic E-state index is 0. The number of phenols is 1. The molecule has 0 fully saturated rings. The van der Waals surface area contributed by atoms with Crippen LogP contribution >= 0.6 is 0 Å². The molecule has 54 heavy (non-hydrogen) atoms. The maximum atomic E-state index is 11.7. The molecule has 0 atom stereocenters. The minimum Gasteiger partial charge on any atom is -0.507 e. The number of furan rings is 1. The Morgan fingerprint density at radius 1 is 0.630 bits per heavy atom. The number of hydrogen-bond acceptors (Lipinski definition) is 5. The van der Waals surface area contributed by atoms with E-state index >= 15 is 0 Å². The second kappa shape index (κ2) is 13.1. The van der Waals surface area contributed by atoms with Crippen LogP contribution in [0.15, 0.2) is 130 Å². The number of phenolic OH excluding ortho intramolecular Hbond substituents is 1. The SMILES string of the molecule is CC(C)(C)c1cc(-c2nc3c(-c4[c-]c(-c5cc(-c6ccccc6)ccn5)cc5c4oc4c6ccccc6ccc54)cccc3o2)c(O)c(C(C)(C)C)c1.[Pt]. The Morgan fingerprint density at radius 3 is 2.19 bits per heavy atom. The Hall–Kier alpha value is -5.51. The van der Waals surface area contributed by atoms with Gasteiger partial charge in [-0.25, -0.2) is 4.98 Å². The van der Waals surface area contributed by atoms with E-state index in [2.05, 4.69) is 102 Å². The fraction of sp³-hybridized carbons (Fsp3) is 0.167. The van der Waals surface area contributed by atoms with E-state index in [1.165, 1.54) is 0 Å². The van der Waals surface area contributed by atoms with Gasteiger partial charge in [0.25, 0.3) is 0 Å². The predicted molar refractivity (Wildman–Crippen MR) is 216 cm³/mol. The number of rotatable bonds is 4. The second-order valence-corrected chi connectivity index (χ2v) is 16.0. The van der Waals surface area contributed by atoms with Crippen molar-refractivity contribution < 1.29 is 35.0 Å². The molecule has 5 nitrogen and oxygen atoms in total. The van der Waals surface area contributed by atoms with Gasteiger partial charge in [-0.2, -0.15) is 0 Å². The van der Waals surface area contributed by atoms with Gasteiger partial charge in [0.2, 0.25) is 5.89 Å². The van der Waals surface area contributed by atoms with Gasteiger partial charge in [-0.1, -0.05) is 144 Å². The van der Waals surface area contributed by atoms with Crippen molar-refractivity contribution in [3.63, 3.8) is 0 Å². The molecule has 0 aliphatic rings. The monoisotopic (exact) mass is 886 g/mol. The molecule has 0 aliphatic carbocycles. The van der Waals surface area contributed by atoms with Crippen molar-refractivity contribution in [1.82, 2.24) is 9.97 Å². The summed E-state index contributed by atoms with van der Waals surface area (Å²) in [5.74, 6) is 0.546. The Labute approximate surface area is 329 Å². The Bertz CT molecular complexity index is 2870. The van der Waals surface area contributed by atoms with E-state index in [1.54, 1.807) is 0 Å². The van der Waals surface area contributed by atoms with E-state index in [0.717, 1.165) is 71.8 Å². The third kappa shape index (κ3) is 6.01. The molecule has 9 aromatic rings. The van der Waals surface area contributed by atoms with E-state index < -0.39 is 0 Å². The zero-order chi connectivity index (χ0) is 36.6. The molecule has 0 amide bonds. The molecule has 0 spiro atoms. The van der Waals surface area contributed by atoms with Crippen LogP contribution in [0.2, 0.25) is 0 Å². The zero-order valence-electron chi connectivity index (χ0n) is 31.0. The topological polar surface area (TPSA) is 72.3 Å². The molecule has 0 unspecified atom stereocenters. The van der Waals surface area contributed by atoms with Gasteiger partial charge in [0.05, 0.1) is 16.7 Å². The summed E-state index contributed by atoms with van der Waals surface area (Å²) in [7, 11) is 0. The molecule has 3 heterocycles. The first-order valence-corrected chi connectivity index (χ1v) is 18.0. The van der Waals surface area contributed by atoms with Crippen LogP contribution in [0.4, 0.5) is 0 Å². The second-order valence-electron chi connectivity index (χ2n) is 16.0. The summed E-state index contributed by atoms with van der Waals surface area (Å²) in [6.45, 7) is 12.9. The summed E-state index contributed by atoms with van der Waals surface area (Å²) < 4.78 is 13.4. The molecule has 3 aromatic heterocycles. The van der Waals surface area contributed by atoms with Crippen LogP contribution in [0, 0.1) is 6.07 Å². The van der Waals surface area contributed by atoms with E-state index in [0.29, 0.717) is 28.1 Å². The zero-order valence-corrected chi connectivity index (χ0v) is 33.3. The number of oxazole rings is 1. The first-order valence-electron chi connectivity index (χ1n) is 18.0. The first kappa shape index (κ1) is 35.5. The molecule has 6 aromatic carbocycles. The Morgan fingerprint density at radius 2 is 1.41 bits per heavy atom. The molecule has 0 bridgehead atoms. The predicted octanol–water partition coefficient (Wildman–Crippen LogP) is 13.0. The van der Waals surface area contributed by atoms with Crippen molar-refractivity contribution in [3.05, 3.63) is 139 Å². The summed E-state index contributed by atoms with van der Waals surface area (Å²) >= 11 is 0. The quantitative estimate of drug-likeness (QED) is 0.178. The summed E-state index contributed by atoms with van der Waals surface area (Å²) in [6.07, 6.45) is 1.85. The van der Waals surface area contributed by atoms with Crippen molar-refractivity contribution in [2.45, 2.75) is 52.4 Å². The molecule has 0 saturated heterocycles. The first-order chi connectivity index (χ1) is 25.4. The van der Waals surface area contributed by atoms with E-state index in [9.17, 15) is 5.11 Å². The van der Waals surface area contributed by atoms with Gasteiger partial charge in [-0.15, -0.1) is 12.1 Å². The summed E-state index contributed by atoms with van der Waals surface area (Å²) in [5.41, 5.74) is 10.3. The standard InChI is InChI=1S/C48H39N2O3.Pt/c1-47(2,3)32-26-38(43(51)39(27-32)48(4,5)6)46-50-42-34(17-12-18-41(42)52-46)36-23-31(40-25-30(21-22-49-40)28-13-8-7-9-14-28)24-37-35-20-19-29-15-10-11-16-33(29)44(35)53-45(36)37;/h7-22,24-27,51H,1-6H3;/q-1;. The molecule has 6 heteroatoms. The van der Waals surface area contributed by atoms with Gasteiger partial charge in [0.1, 0.15) is 16.9 Å². The van der Waals surface area contributed by atoms with Crippen LogP contribution in [0.25, 0.3) is 88.8 Å². The smallest absolute Gasteiger partial charge is 0.230 e. The molecular weight excluding hydrogens is 848 g/mol. The molecule has 0 aliphatic heterocycles. The molecular formula is C48H39N2O3Pt-. The average Bonchev–Trinajstić information content (AvgIpc) is 3.76. The van der Waals surface area contributed by atoms with Gasteiger partial charge in [-0.05, 0) is 62.1 Å². The van der Waals surface area contributed by atoms with Crippen LogP contribution in [0.1, 0.15) is 52.7 Å². The third-order valence-electron chi connectivity index (χ3n) is 10.2. The Kier molecular flexibility index (Phi) is 8.62. The van der Waals surface area contributed by atoms with E-state index in [-0.39, 0.29) is 37.6 Å². The van der Waals surface area contributed by atoms with Crippen LogP contribution < -0.4 is 0 Å². The van der Waals surface area contributed by atoms with Crippen molar-refractivity contribution in [3.8, 4) is 50.7 Å². The normalized spacial score (nSPS) is 12.2. The van der Waals surface area contributed by atoms with Crippen molar-refractivity contribution in [2.24, 2.45) is 0 Å². The van der Waals surface area contributed by atoms with Crippen LogP contribution in [-0.2, 0) is 31.9 Å². The number of para-hydroxylation sites is 1. The molecule has 0 saturated carbocycles. The number of pyridine rings is 1. The van der Waals surface area contributed by atoms with Crippen LogP contribution in [-0.4, -0.2) is 15.1 Å². The average molecular weight is 887 g/mol. The number of aromatic nitrogens is 2. The summed E-state index contributed by atoms with van der Waals surface area (Å²) in [4.78, 5) is 9.97. The van der Waals surface area contributed by atoms with Gasteiger partial charge in [0.15, 0.2) is 0 Å². The number of fused-ring (bicyclic) bond motifs is 6. The van der Waals surface area contributed by atoms with Crippen molar-refractivity contribution >= 4 is 43.8 Å². The largest absolute Gasteiger partial charge is 0.507 e. The third-order valence-corrected chi connectivity index (χ3v) is 10.2. The minimum atomic E-state index is -0.296. The maximum absolute atomic E-state index is 11.7. The Balaban J connectivity index is 0.00000413. The summed E-state index contributed by atoms with van der Waals surface area (Å²) in [6, 6.07) is 42.9. The van der Waals surface area contributed by atoms with Crippen molar-refractivity contribution in [1.29, 1.82) is 0 Å².